The molecule has 126 valence electrons. The van der Waals surface area contributed by atoms with Gasteiger partial charge < -0.3 is 9.42 Å². The van der Waals surface area contributed by atoms with Crippen LogP contribution in [-0.4, -0.2) is 33.2 Å². The number of carbonyl (C=O) groups is 1. The summed E-state index contributed by atoms with van der Waals surface area (Å²) in [6.45, 7) is 0.402. The normalized spacial score (nSPS) is 15.8. The maximum atomic E-state index is 12.7. The average molecular weight is 351 g/mol. The molecule has 1 aliphatic rings. The Morgan fingerprint density at radius 1 is 1.32 bits per heavy atom. The SMILES string of the molecule is CN(Cc1cc(-c2cccnc2)no1)C(=O)C1Cc2ccccc2S1. The Bertz CT molecular complexity index is 869. The van der Waals surface area contributed by atoms with Crippen LogP contribution < -0.4 is 0 Å². The van der Waals surface area contributed by atoms with E-state index in [-0.39, 0.29) is 11.2 Å². The zero-order chi connectivity index (χ0) is 17.2. The highest BCUT2D eigenvalue weighted by Gasteiger charge is 2.30. The number of nitrogens with zero attached hydrogens (tertiary/aromatic N) is 3. The highest BCUT2D eigenvalue weighted by Crippen LogP contribution is 2.37. The number of benzene rings is 1. The van der Waals surface area contributed by atoms with E-state index in [2.05, 4.69) is 22.3 Å². The molecule has 1 aliphatic heterocycles. The molecule has 5 nitrogen and oxygen atoms in total. The van der Waals surface area contributed by atoms with Crippen molar-refractivity contribution >= 4 is 17.7 Å². The molecule has 0 saturated carbocycles. The summed E-state index contributed by atoms with van der Waals surface area (Å²) < 4.78 is 5.39. The summed E-state index contributed by atoms with van der Waals surface area (Å²) in [6, 6.07) is 13.8. The first-order chi connectivity index (χ1) is 12.2. The Balaban J connectivity index is 1.42. The minimum Gasteiger partial charge on any atom is -0.359 e. The fraction of sp³-hybridized carbons (Fsp3) is 0.211. The third-order valence-electron chi connectivity index (χ3n) is 4.21. The molecule has 4 rings (SSSR count). The maximum absolute atomic E-state index is 12.7. The molecule has 0 N–H and O–H groups in total. The van der Waals surface area contributed by atoms with Gasteiger partial charge in [-0.15, -0.1) is 11.8 Å². The van der Waals surface area contributed by atoms with Gasteiger partial charge in [-0.05, 0) is 30.2 Å². The zero-order valence-corrected chi connectivity index (χ0v) is 14.6. The number of rotatable bonds is 4. The van der Waals surface area contributed by atoms with Crippen molar-refractivity contribution < 1.29 is 9.32 Å². The third kappa shape index (κ3) is 3.30. The molecular formula is C19H17N3O2S. The molecule has 0 spiro atoms. The quantitative estimate of drug-likeness (QED) is 0.721. The number of thioether (sulfide) groups is 1. The van der Waals surface area contributed by atoms with Gasteiger partial charge in [-0.3, -0.25) is 9.78 Å². The van der Waals surface area contributed by atoms with Gasteiger partial charge in [0.2, 0.25) is 5.91 Å². The van der Waals surface area contributed by atoms with Gasteiger partial charge in [0.15, 0.2) is 5.76 Å². The molecule has 0 bridgehead atoms. The third-order valence-corrected chi connectivity index (χ3v) is 5.51. The maximum Gasteiger partial charge on any atom is 0.236 e. The second kappa shape index (κ2) is 6.72. The smallest absolute Gasteiger partial charge is 0.236 e. The van der Waals surface area contributed by atoms with Crippen molar-refractivity contribution in [3.63, 3.8) is 0 Å². The molecule has 0 radical (unpaired) electrons. The van der Waals surface area contributed by atoms with E-state index in [1.807, 2.05) is 30.3 Å². The van der Waals surface area contributed by atoms with E-state index in [4.69, 9.17) is 4.52 Å². The lowest BCUT2D eigenvalue weighted by Gasteiger charge is -2.19. The van der Waals surface area contributed by atoms with Crippen LogP contribution in [0.4, 0.5) is 0 Å². The Labute approximate surface area is 150 Å². The number of pyridine rings is 1. The molecule has 0 aliphatic carbocycles. The molecule has 1 atom stereocenters. The molecule has 1 aromatic carbocycles. The lowest BCUT2D eigenvalue weighted by atomic mass is 10.1. The van der Waals surface area contributed by atoms with Gasteiger partial charge in [-0.1, -0.05) is 23.4 Å². The van der Waals surface area contributed by atoms with E-state index in [1.165, 1.54) is 10.5 Å². The van der Waals surface area contributed by atoms with Crippen molar-refractivity contribution in [2.45, 2.75) is 23.1 Å². The van der Waals surface area contributed by atoms with Crippen LogP contribution in [0.5, 0.6) is 0 Å². The van der Waals surface area contributed by atoms with E-state index in [0.29, 0.717) is 12.3 Å². The Morgan fingerprint density at radius 2 is 2.20 bits per heavy atom. The molecule has 3 aromatic rings. The predicted molar refractivity (Wildman–Crippen MR) is 96.0 cm³/mol. The molecule has 1 amide bonds. The largest absolute Gasteiger partial charge is 0.359 e. The number of carbonyl (C=O) groups excluding carboxylic acids is 1. The van der Waals surface area contributed by atoms with Crippen molar-refractivity contribution in [2.75, 3.05) is 7.05 Å². The standard InChI is InChI=1S/C19H17N3O2S/c1-22(19(23)18-9-13-5-2-3-7-17(13)25-18)12-15-10-16(21-24-15)14-6-4-8-20-11-14/h2-8,10-11,18H,9,12H2,1H3. The molecule has 2 aromatic heterocycles. The van der Waals surface area contributed by atoms with Crippen LogP contribution in [0.1, 0.15) is 11.3 Å². The van der Waals surface area contributed by atoms with Crippen molar-refractivity contribution in [3.8, 4) is 11.3 Å². The lowest BCUT2D eigenvalue weighted by molar-refractivity contribution is -0.130. The van der Waals surface area contributed by atoms with Crippen LogP contribution in [0.2, 0.25) is 0 Å². The van der Waals surface area contributed by atoms with E-state index < -0.39 is 0 Å². The van der Waals surface area contributed by atoms with Crippen LogP contribution in [0.3, 0.4) is 0 Å². The number of hydrogen-bond acceptors (Lipinski definition) is 5. The summed E-state index contributed by atoms with van der Waals surface area (Å²) in [7, 11) is 1.80. The van der Waals surface area contributed by atoms with Gasteiger partial charge in [0.05, 0.1) is 11.8 Å². The summed E-state index contributed by atoms with van der Waals surface area (Å²) in [5, 5.41) is 4.00. The predicted octanol–water partition coefficient (Wildman–Crippen LogP) is 3.41. The fourth-order valence-electron chi connectivity index (χ4n) is 2.92. The minimum absolute atomic E-state index is 0.0666. The molecule has 6 heteroatoms. The van der Waals surface area contributed by atoms with E-state index >= 15 is 0 Å². The Kier molecular flexibility index (Phi) is 4.28. The molecular weight excluding hydrogens is 334 g/mol. The van der Waals surface area contributed by atoms with E-state index in [1.54, 1.807) is 36.1 Å². The van der Waals surface area contributed by atoms with Crippen LogP contribution in [0, 0.1) is 0 Å². The van der Waals surface area contributed by atoms with E-state index in [0.717, 1.165) is 17.7 Å². The van der Waals surface area contributed by atoms with Crippen molar-refractivity contribution in [3.05, 3.63) is 66.2 Å². The highest BCUT2D eigenvalue weighted by atomic mass is 32.2. The first kappa shape index (κ1) is 15.9. The van der Waals surface area contributed by atoms with E-state index in [9.17, 15) is 4.79 Å². The topological polar surface area (TPSA) is 59.2 Å². The summed E-state index contributed by atoms with van der Waals surface area (Å²) >= 11 is 1.64. The van der Waals surface area contributed by atoms with Crippen molar-refractivity contribution in [2.24, 2.45) is 0 Å². The van der Waals surface area contributed by atoms with Gasteiger partial charge in [0.1, 0.15) is 5.69 Å². The van der Waals surface area contributed by atoms with Gasteiger partial charge in [-0.25, -0.2) is 0 Å². The molecule has 1 unspecified atom stereocenters. The fourth-order valence-corrected chi connectivity index (χ4v) is 4.23. The first-order valence-corrected chi connectivity index (χ1v) is 8.94. The molecule has 25 heavy (non-hydrogen) atoms. The number of fused-ring (bicyclic) bond motifs is 1. The van der Waals surface area contributed by atoms with Crippen LogP contribution in [0.25, 0.3) is 11.3 Å². The highest BCUT2D eigenvalue weighted by molar-refractivity contribution is 8.01. The second-order valence-corrected chi connectivity index (χ2v) is 7.28. The molecule has 0 saturated heterocycles. The van der Waals surface area contributed by atoms with Gasteiger partial charge in [0.25, 0.3) is 0 Å². The second-order valence-electron chi connectivity index (χ2n) is 6.03. The average Bonchev–Trinajstić information content (AvgIpc) is 3.28. The van der Waals surface area contributed by atoms with Crippen molar-refractivity contribution in [1.82, 2.24) is 15.0 Å². The Hall–Kier alpha value is -2.60. The van der Waals surface area contributed by atoms with Crippen LogP contribution >= 0.6 is 11.8 Å². The summed E-state index contributed by atoms with van der Waals surface area (Å²) in [5.41, 5.74) is 2.87. The monoisotopic (exact) mass is 351 g/mol. The lowest BCUT2D eigenvalue weighted by Crippen LogP contribution is -2.34. The molecule has 3 heterocycles. The van der Waals surface area contributed by atoms with Gasteiger partial charge in [0, 0.05) is 36.0 Å². The summed E-state index contributed by atoms with van der Waals surface area (Å²) in [4.78, 5) is 19.7. The van der Waals surface area contributed by atoms with Gasteiger partial charge in [-0.2, -0.15) is 0 Å². The number of hydrogen-bond donors (Lipinski definition) is 0. The first-order valence-electron chi connectivity index (χ1n) is 8.06. The van der Waals surface area contributed by atoms with Crippen LogP contribution in [0.15, 0.2) is 64.3 Å². The minimum atomic E-state index is -0.0666. The summed E-state index contributed by atoms with van der Waals surface area (Å²) in [5.74, 6) is 0.774. The summed E-state index contributed by atoms with van der Waals surface area (Å²) in [6.07, 6.45) is 4.23. The van der Waals surface area contributed by atoms with Crippen LogP contribution in [-0.2, 0) is 17.8 Å². The number of aromatic nitrogens is 2. The zero-order valence-electron chi connectivity index (χ0n) is 13.8. The number of amides is 1. The van der Waals surface area contributed by atoms with Gasteiger partial charge >= 0.3 is 0 Å². The van der Waals surface area contributed by atoms with Crippen molar-refractivity contribution in [1.29, 1.82) is 0 Å². The Morgan fingerprint density at radius 3 is 3.00 bits per heavy atom. The molecule has 0 fully saturated rings.